The Morgan fingerprint density at radius 2 is 2.30 bits per heavy atom. The number of hydrogen-bond donors (Lipinski definition) is 0. The van der Waals surface area contributed by atoms with E-state index in [9.17, 15) is 0 Å². The highest BCUT2D eigenvalue weighted by Gasteiger charge is 2.07. The number of rotatable bonds is 5. The van der Waals surface area contributed by atoms with Gasteiger partial charge in [0, 0.05) is 0 Å². The molecular weight excluding hydrogens is 140 g/mol. The van der Waals surface area contributed by atoms with Crippen LogP contribution in [0.1, 0.15) is 20.3 Å². The summed E-state index contributed by atoms with van der Waals surface area (Å²) in [7, 11) is -0.770. The average molecular weight is 155 g/mol. The zero-order valence-electron chi connectivity index (χ0n) is 6.81. The van der Waals surface area contributed by atoms with Crippen LogP contribution in [0.15, 0.2) is 24.6 Å². The van der Waals surface area contributed by atoms with Crippen molar-refractivity contribution >= 4 is 9.04 Å². The Bertz CT molecular complexity index is 120. The van der Waals surface area contributed by atoms with Crippen molar-refractivity contribution in [2.45, 2.75) is 26.3 Å². The lowest BCUT2D eigenvalue weighted by molar-refractivity contribution is 0.443. The van der Waals surface area contributed by atoms with Crippen molar-refractivity contribution in [2.24, 2.45) is 0 Å². The Hall–Kier alpha value is -0.503. The summed E-state index contributed by atoms with van der Waals surface area (Å²) < 4.78 is 5.43. The molecule has 0 rings (SSSR count). The average Bonchev–Trinajstić information content (AvgIpc) is 1.86. The first-order valence-corrected chi connectivity index (χ1v) is 5.21. The van der Waals surface area contributed by atoms with Gasteiger partial charge in [0.15, 0.2) is 0 Å². The maximum absolute atomic E-state index is 5.43. The van der Waals surface area contributed by atoms with Gasteiger partial charge >= 0.3 is 9.04 Å². The van der Waals surface area contributed by atoms with Gasteiger partial charge < -0.3 is 4.43 Å². The van der Waals surface area contributed by atoms with Gasteiger partial charge in [-0.25, -0.2) is 0 Å². The first-order valence-electron chi connectivity index (χ1n) is 3.52. The molecule has 0 heterocycles. The first-order chi connectivity index (χ1) is 4.70. The van der Waals surface area contributed by atoms with Gasteiger partial charge in [-0.1, -0.05) is 25.6 Å². The van der Waals surface area contributed by atoms with Crippen molar-refractivity contribution in [2.75, 3.05) is 0 Å². The molecule has 0 N–H and O–H groups in total. The van der Waals surface area contributed by atoms with Crippen LogP contribution in [-0.2, 0) is 4.43 Å². The molecule has 0 unspecified atom stereocenters. The molecule has 0 atom stereocenters. The predicted octanol–water partition coefficient (Wildman–Crippen LogP) is 2.66. The molecule has 1 radical (unpaired) electrons. The van der Waals surface area contributed by atoms with Gasteiger partial charge in [-0.3, -0.25) is 0 Å². The van der Waals surface area contributed by atoms with E-state index in [1.54, 1.807) is 0 Å². The summed E-state index contributed by atoms with van der Waals surface area (Å²) in [5, 5.41) is 0. The minimum Gasteiger partial charge on any atom is -0.542 e. The van der Waals surface area contributed by atoms with Crippen molar-refractivity contribution in [1.29, 1.82) is 0 Å². The summed E-state index contributed by atoms with van der Waals surface area (Å²) in [5.74, 6) is 0.808. The molecule has 0 aliphatic heterocycles. The van der Waals surface area contributed by atoms with Gasteiger partial charge in [-0.2, -0.15) is 0 Å². The molecule has 0 aliphatic carbocycles. The van der Waals surface area contributed by atoms with Crippen molar-refractivity contribution in [3.05, 3.63) is 24.6 Å². The van der Waals surface area contributed by atoms with E-state index in [0.29, 0.717) is 0 Å². The highest BCUT2D eigenvalue weighted by Crippen LogP contribution is 2.03. The lowest BCUT2D eigenvalue weighted by atomic mass is 10.6. The Morgan fingerprint density at radius 3 is 2.60 bits per heavy atom. The number of allylic oxidation sites excluding steroid dienone is 1. The Balaban J connectivity index is 3.59. The van der Waals surface area contributed by atoms with Gasteiger partial charge in [0.25, 0.3) is 0 Å². The molecule has 0 amide bonds. The summed E-state index contributed by atoms with van der Waals surface area (Å²) >= 11 is 0. The molecule has 0 saturated carbocycles. The van der Waals surface area contributed by atoms with Crippen molar-refractivity contribution in [3.8, 4) is 0 Å². The standard InChI is InChI=1S/C8H15OSi/c1-5-7-10(6-2)9-8(3)4/h6H,2-3,5,7H2,1,4H3. The van der Waals surface area contributed by atoms with Crippen LogP contribution < -0.4 is 0 Å². The second kappa shape index (κ2) is 5.29. The molecule has 2 heteroatoms. The van der Waals surface area contributed by atoms with E-state index in [1.807, 2.05) is 12.6 Å². The third-order valence-corrected chi connectivity index (χ3v) is 3.09. The van der Waals surface area contributed by atoms with E-state index < -0.39 is 9.04 Å². The van der Waals surface area contributed by atoms with Crippen LogP contribution in [0.4, 0.5) is 0 Å². The zero-order valence-corrected chi connectivity index (χ0v) is 7.81. The van der Waals surface area contributed by atoms with Gasteiger partial charge in [0.1, 0.15) is 0 Å². The van der Waals surface area contributed by atoms with Gasteiger partial charge in [0.05, 0.1) is 5.76 Å². The minimum absolute atomic E-state index is 0.770. The molecule has 1 nitrogen and oxygen atoms in total. The largest absolute Gasteiger partial charge is 0.542 e. The Morgan fingerprint density at radius 1 is 1.70 bits per heavy atom. The zero-order chi connectivity index (χ0) is 7.98. The minimum atomic E-state index is -0.770. The third-order valence-electron chi connectivity index (χ3n) is 1.03. The molecule has 0 aromatic carbocycles. The summed E-state index contributed by atoms with van der Waals surface area (Å²) in [6, 6.07) is 1.13. The smallest absolute Gasteiger partial charge is 0.307 e. The van der Waals surface area contributed by atoms with Crippen LogP contribution in [0.2, 0.25) is 6.04 Å². The van der Waals surface area contributed by atoms with Crippen LogP contribution in [0, 0.1) is 0 Å². The monoisotopic (exact) mass is 155 g/mol. The highest BCUT2D eigenvalue weighted by molar-refractivity contribution is 6.57. The summed E-state index contributed by atoms with van der Waals surface area (Å²) in [6.07, 6.45) is 1.16. The van der Waals surface area contributed by atoms with E-state index in [2.05, 4.69) is 20.1 Å². The van der Waals surface area contributed by atoms with Crippen molar-refractivity contribution < 1.29 is 4.43 Å². The summed E-state index contributed by atoms with van der Waals surface area (Å²) in [6.45, 7) is 11.4. The van der Waals surface area contributed by atoms with Crippen LogP contribution in [-0.4, -0.2) is 9.04 Å². The molecule has 0 spiro atoms. The summed E-state index contributed by atoms with van der Waals surface area (Å²) in [4.78, 5) is 0. The fourth-order valence-electron chi connectivity index (χ4n) is 0.665. The molecule has 10 heavy (non-hydrogen) atoms. The molecule has 0 saturated heterocycles. The Kier molecular flexibility index (Phi) is 5.03. The van der Waals surface area contributed by atoms with E-state index in [4.69, 9.17) is 4.43 Å². The maximum atomic E-state index is 5.43. The normalized spacial score (nSPS) is 9.50. The molecular formula is C8H15OSi. The fraction of sp³-hybridized carbons (Fsp3) is 0.500. The Labute approximate surface area is 65.1 Å². The summed E-state index contributed by atoms with van der Waals surface area (Å²) in [5.41, 5.74) is 1.92. The molecule has 0 aromatic rings. The van der Waals surface area contributed by atoms with Crippen molar-refractivity contribution in [1.82, 2.24) is 0 Å². The maximum Gasteiger partial charge on any atom is 0.307 e. The first kappa shape index (κ1) is 9.50. The number of hydrogen-bond acceptors (Lipinski definition) is 1. The topological polar surface area (TPSA) is 9.23 Å². The lowest BCUT2D eigenvalue weighted by Crippen LogP contribution is -2.12. The van der Waals surface area contributed by atoms with Gasteiger partial charge in [-0.15, -0.1) is 6.58 Å². The van der Waals surface area contributed by atoms with Gasteiger partial charge in [0.2, 0.25) is 0 Å². The lowest BCUT2D eigenvalue weighted by Gasteiger charge is -2.10. The quantitative estimate of drug-likeness (QED) is 0.438. The second-order valence-electron chi connectivity index (χ2n) is 2.22. The van der Waals surface area contributed by atoms with E-state index >= 15 is 0 Å². The predicted molar refractivity (Wildman–Crippen MR) is 46.9 cm³/mol. The fourth-order valence-corrected chi connectivity index (χ4v) is 1.99. The molecule has 57 valence electrons. The molecule has 0 bridgehead atoms. The second-order valence-corrected chi connectivity index (χ2v) is 4.27. The van der Waals surface area contributed by atoms with Crippen LogP contribution >= 0.6 is 0 Å². The molecule has 0 aliphatic rings. The van der Waals surface area contributed by atoms with Crippen molar-refractivity contribution in [3.63, 3.8) is 0 Å². The van der Waals surface area contributed by atoms with Crippen LogP contribution in [0.3, 0.4) is 0 Å². The highest BCUT2D eigenvalue weighted by atomic mass is 28.3. The van der Waals surface area contributed by atoms with E-state index in [0.717, 1.165) is 18.2 Å². The third kappa shape index (κ3) is 4.38. The van der Waals surface area contributed by atoms with Gasteiger partial charge in [-0.05, 0) is 13.0 Å². The molecule has 0 fully saturated rings. The SMILES string of the molecule is C=C[Si](CCC)OC(=C)C. The van der Waals surface area contributed by atoms with Crippen LogP contribution in [0.5, 0.6) is 0 Å². The van der Waals surface area contributed by atoms with E-state index in [1.165, 1.54) is 0 Å². The molecule has 0 aromatic heterocycles. The van der Waals surface area contributed by atoms with E-state index in [-0.39, 0.29) is 0 Å². The van der Waals surface area contributed by atoms with Crippen LogP contribution in [0.25, 0.3) is 0 Å².